The molecule has 13 heavy (non-hydrogen) atoms. The summed E-state index contributed by atoms with van der Waals surface area (Å²) in [5, 5.41) is 12.1. The van der Waals surface area contributed by atoms with Gasteiger partial charge in [-0.25, -0.2) is 0 Å². The molecule has 1 saturated heterocycles. The van der Waals surface area contributed by atoms with E-state index in [0.29, 0.717) is 18.7 Å². The number of hydrogen-bond acceptors (Lipinski definition) is 3. The molecule has 1 aliphatic heterocycles. The van der Waals surface area contributed by atoms with E-state index in [1.54, 1.807) is 0 Å². The predicted molar refractivity (Wildman–Crippen MR) is 54.8 cm³/mol. The minimum absolute atomic E-state index is 0.299. The minimum atomic E-state index is 0.299. The average Bonchev–Trinajstić information content (AvgIpc) is 2.53. The molecule has 1 unspecified atom stereocenters. The smallest absolute Gasteiger partial charge is 0.0443 e. The largest absolute Gasteiger partial charge is 0.396 e. The van der Waals surface area contributed by atoms with Crippen LogP contribution in [0.1, 0.15) is 26.7 Å². The summed E-state index contributed by atoms with van der Waals surface area (Å²) in [4.78, 5) is 2.50. The van der Waals surface area contributed by atoms with Gasteiger partial charge in [-0.1, -0.05) is 0 Å². The Morgan fingerprint density at radius 3 is 2.85 bits per heavy atom. The van der Waals surface area contributed by atoms with E-state index in [2.05, 4.69) is 24.1 Å². The molecule has 3 nitrogen and oxygen atoms in total. The Hall–Kier alpha value is -0.120. The fourth-order valence-corrected chi connectivity index (χ4v) is 1.81. The summed E-state index contributed by atoms with van der Waals surface area (Å²) in [5.41, 5.74) is 0. The highest BCUT2D eigenvalue weighted by Crippen LogP contribution is 2.11. The third-order valence-electron chi connectivity index (χ3n) is 2.72. The molecule has 0 aliphatic carbocycles. The van der Waals surface area contributed by atoms with Gasteiger partial charge in [0.15, 0.2) is 0 Å². The molecule has 3 heteroatoms. The first-order valence-electron chi connectivity index (χ1n) is 5.32. The quantitative estimate of drug-likeness (QED) is 0.612. The molecule has 0 aromatic heterocycles. The zero-order valence-electron chi connectivity index (χ0n) is 8.79. The van der Waals surface area contributed by atoms with Crippen molar-refractivity contribution in [2.24, 2.45) is 0 Å². The first-order chi connectivity index (χ1) is 6.24. The monoisotopic (exact) mass is 186 g/mol. The fourth-order valence-electron chi connectivity index (χ4n) is 1.81. The summed E-state index contributed by atoms with van der Waals surface area (Å²) < 4.78 is 0. The van der Waals surface area contributed by atoms with Crippen molar-refractivity contribution >= 4 is 0 Å². The Kier molecular flexibility index (Phi) is 4.70. The molecule has 0 bridgehead atoms. The highest BCUT2D eigenvalue weighted by atomic mass is 16.3. The van der Waals surface area contributed by atoms with Crippen molar-refractivity contribution in [3.63, 3.8) is 0 Å². The summed E-state index contributed by atoms with van der Waals surface area (Å²) in [7, 11) is 0. The molecule has 0 spiro atoms. The first kappa shape index (κ1) is 11.0. The van der Waals surface area contributed by atoms with Crippen molar-refractivity contribution in [3.8, 4) is 0 Å². The molecule has 0 radical (unpaired) electrons. The van der Waals surface area contributed by atoms with Gasteiger partial charge < -0.3 is 10.4 Å². The van der Waals surface area contributed by atoms with Crippen LogP contribution in [0.3, 0.4) is 0 Å². The van der Waals surface area contributed by atoms with Gasteiger partial charge in [0, 0.05) is 25.2 Å². The number of nitrogens with zero attached hydrogens (tertiary/aromatic N) is 1. The van der Waals surface area contributed by atoms with Crippen LogP contribution in [0, 0.1) is 0 Å². The first-order valence-corrected chi connectivity index (χ1v) is 5.32. The Morgan fingerprint density at radius 2 is 2.31 bits per heavy atom. The average molecular weight is 186 g/mol. The van der Waals surface area contributed by atoms with Crippen LogP contribution < -0.4 is 5.32 Å². The normalized spacial score (nSPS) is 24.5. The van der Waals surface area contributed by atoms with Crippen molar-refractivity contribution < 1.29 is 5.11 Å². The number of nitrogens with one attached hydrogen (secondary N) is 1. The van der Waals surface area contributed by atoms with E-state index in [-0.39, 0.29) is 0 Å². The lowest BCUT2D eigenvalue weighted by molar-refractivity contribution is 0.263. The molecule has 0 saturated carbocycles. The van der Waals surface area contributed by atoms with E-state index < -0.39 is 0 Å². The fraction of sp³-hybridized carbons (Fsp3) is 1.00. The van der Waals surface area contributed by atoms with E-state index in [1.165, 1.54) is 19.5 Å². The van der Waals surface area contributed by atoms with Crippen molar-refractivity contribution in [3.05, 3.63) is 0 Å². The van der Waals surface area contributed by atoms with Gasteiger partial charge in [-0.15, -0.1) is 0 Å². The zero-order valence-corrected chi connectivity index (χ0v) is 8.79. The van der Waals surface area contributed by atoms with Crippen LogP contribution in [0.25, 0.3) is 0 Å². The molecule has 0 amide bonds. The predicted octanol–water partition coefficient (Wildman–Crippen LogP) is 0.441. The molecule has 0 aromatic rings. The van der Waals surface area contributed by atoms with Crippen LogP contribution in [0.2, 0.25) is 0 Å². The van der Waals surface area contributed by atoms with Gasteiger partial charge in [0.1, 0.15) is 0 Å². The van der Waals surface area contributed by atoms with Crippen LogP contribution in [-0.4, -0.2) is 48.3 Å². The van der Waals surface area contributed by atoms with Crippen LogP contribution in [0.5, 0.6) is 0 Å². The molecule has 78 valence electrons. The summed E-state index contributed by atoms with van der Waals surface area (Å²) in [6, 6.07) is 1.32. The maximum Gasteiger partial charge on any atom is 0.0443 e. The molecular weight excluding hydrogens is 164 g/mol. The van der Waals surface area contributed by atoms with Gasteiger partial charge in [-0.2, -0.15) is 0 Å². The molecular formula is C10H22N2O. The maximum atomic E-state index is 8.63. The van der Waals surface area contributed by atoms with E-state index >= 15 is 0 Å². The van der Waals surface area contributed by atoms with Crippen LogP contribution in [0.4, 0.5) is 0 Å². The Labute approximate surface area is 81.1 Å². The second kappa shape index (κ2) is 5.58. The Morgan fingerprint density at radius 1 is 1.54 bits per heavy atom. The zero-order chi connectivity index (χ0) is 9.68. The van der Waals surface area contributed by atoms with E-state index in [4.69, 9.17) is 5.11 Å². The van der Waals surface area contributed by atoms with Gasteiger partial charge in [0.25, 0.3) is 0 Å². The van der Waals surface area contributed by atoms with E-state index in [0.717, 1.165) is 13.0 Å². The van der Waals surface area contributed by atoms with Crippen LogP contribution in [0.15, 0.2) is 0 Å². The van der Waals surface area contributed by atoms with Gasteiger partial charge in [-0.3, -0.25) is 4.90 Å². The Balaban J connectivity index is 2.10. The molecule has 1 fully saturated rings. The molecule has 0 aromatic carbocycles. The number of likely N-dealkylation sites (tertiary alicyclic amines) is 1. The lowest BCUT2D eigenvalue weighted by Crippen LogP contribution is -2.35. The van der Waals surface area contributed by atoms with Crippen molar-refractivity contribution in [2.45, 2.75) is 38.8 Å². The lowest BCUT2D eigenvalue weighted by atomic mass is 10.2. The summed E-state index contributed by atoms with van der Waals surface area (Å²) >= 11 is 0. The highest BCUT2D eigenvalue weighted by molar-refractivity contribution is 4.82. The number of aliphatic hydroxyl groups is 1. The van der Waals surface area contributed by atoms with Gasteiger partial charge in [0.05, 0.1) is 0 Å². The topological polar surface area (TPSA) is 35.5 Å². The maximum absolute atomic E-state index is 8.63. The standard InChI is InChI=1S/C10H22N2O/c1-9(2)12-6-4-10(8-12)11-5-3-7-13/h9-11,13H,3-8H2,1-2H3. The SMILES string of the molecule is CC(C)N1CCC(NCCCO)C1. The van der Waals surface area contributed by atoms with E-state index in [9.17, 15) is 0 Å². The van der Waals surface area contributed by atoms with Gasteiger partial charge in [-0.05, 0) is 39.8 Å². The van der Waals surface area contributed by atoms with Gasteiger partial charge >= 0.3 is 0 Å². The highest BCUT2D eigenvalue weighted by Gasteiger charge is 2.22. The van der Waals surface area contributed by atoms with Crippen molar-refractivity contribution in [1.82, 2.24) is 10.2 Å². The third kappa shape index (κ3) is 3.63. The van der Waals surface area contributed by atoms with E-state index in [1.807, 2.05) is 0 Å². The second-order valence-electron chi connectivity index (χ2n) is 4.11. The molecule has 1 atom stereocenters. The molecule has 1 aliphatic rings. The lowest BCUT2D eigenvalue weighted by Gasteiger charge is -2.20. The van der Waals surface area contributed by atoms with Gasteiger partial charge in [0.2, 0.25) is 0 Å². The second-order valence-corrected chi connectivity index (χ2v) is 4.11. The Bertz CT molecular complexity index is 139. The number of hydrogen-bond donors (Lipinski definition) is 2. The minimum Gasteiger partial charge on any atom is -0.396 e. The number of aliphatic hydroxyl groups excluding tert-OH is 1. The molecule has 1 heterocycles. The summed E-state index contributed by atoms with van der Waals surface area (Å²) in [6.45, 7) is 8.13. The number of rotatable bonds is 5. The van der Waals surface area contributed by atoms with Crippen molar-refractivity contribution in [2.75, 3.05) is 26.2 Å². The third-order valence-corrected chi connectivity index (χ3v) is 2.72. The molecule has 2 N–H and O–H groups in total. The summed E-state index contributed by atoms with van der Waals surface area (Å²) in [5.74, 6) is 0. The van der Waals surface area contributed by atoms with Crippen molar-refractivity contribution in [1.29, 1.82) is 0 Å². The molecule has 1 rings (SSSR count). The van der Waals surface area contributed by atoms with Crippen LogP contribution >= 0.6 is 0 Å². The van der Waals surface area contributed by atoms with Crippen LogP contribution in [-0.2, 0) is 0 Å². The summed E-state index contributed by atoms with van der Waals surface area (Å²) in [6.07, 6.45) is 2.13.